The van der Waals surface area contributed by atoms with E-state index in [1.54, 1.807) is 54.7 Å². The zero-order chi connectivity index (χ0) is 26.6. The van der Waals surface area contributed by atoms with Crippen LogP contribution < -0.4 is 9.73 Å². The van der Waals surface area contributed by atoms with Crippen molar-refractivity contribution in [2.45, 2.75) is 27.3 Å². The highest BCUT2D eigenvalue weighted by atomic mass is 32.2. The average Bonchev–Trinajstić information content (AvgIpc) is 3.16. The van der Waals surface area contributed by atoms with Crippen molar-refractivity contribution in [2.75, 3.05) is 10.6 Å². The van der Waals surface area contributed by atoms with Gasteiger partial charge in [0.2, 0.25) is 10.0 Å². The number of sulfonamides is 1. The predicted molar refractivity (Wildman–Crippen MR) is 149 cm³/mol. The van der Waals surface area contributed by atoms with Gasteiger partial charge >= 0.3 is 0 Å². The molecule has 4 aromatic rings. The van der Waals surface area contributed by atoms with Crippen LogP contribution in [0.2, 0.25) is 0 Å². The molecule has 4 rings (SSSR count). The highest BCUT2D eigenvalue weighted by Gasteiger charge is 2.18. The fourth-order valence-corrected chi connectivity index (χ4v) is 5.04. The van der Waals surface area contributed by atoms with Crippen molar-refractivity contribution >= 4 is 27.8 Å². The first-order chi connectivity index (χ1) is 17.6. The lowest BCUT2D eigenvalue weighted by Gasteiger charge is -2.22. The van der Waals surface area contributed by atoms with Gasteiger partial charge in [-0.25, -0.2) is 13.8 Å². The van der Waals surface area contributed by atoms with Crippen LogP contribution in [0, 0.1) is 20.8 Å². The Morgan fingerprint density at radius 2 is 1.59 bits per heavy atom. The van der Waals surface area contributed by atoms with Crippen LogP contribution in [0.25, 0.3) is 5.69 Å². The molecule has 0 saturated carbocycles. The van der Waals surface area contributed by atoms with Crippen molar-refractivity contribution in [1.29, 1.82) is 0 Å². The number of aryl methyl sites for hydroxylation is 2. The molecule has 1 amide bonds. The molecule has 1 N–H and O–H groups in total. The van der Waals surface area contributed by atoms with Crippen molar-refractivity contribution < 1.29 is 13.2 Å². The number of nitrogens with one attached hydrogen (secondary N) is 1. The molecule has 8 heteroatoms. The maximum atomic E-state index is 12.6. The smallest absolute Gasteiger partial charge is 0.271 e. The van der Waals surface area contributed by atoms with Crippen molar-refractivity contribution in [3.05, 3.63) is 119 Å². The number of amides is 1. The van der Waals surface area contributed by atoms with Gasteiger partial charge in [-0.1, -0.05) is 48.0 Å². The summed E-state index contributed by atoms with van der Waals surface area (Å²) in [6.07, 6.45) is 2.82. The first-order valence-electron chi connectivity index (χ1n) is 11.8. The summed E-state index contributed by atoms with van der Waals surface area (Å²) < 4.78 is 28.1. The Bertz CT molecular complexity index is 1520. The molecule has 0 unspecified atom stereocenters. The molecule has 0 atom stereocenters. The molecule has 0 fully saturated rings. The Morgan fingerprint density at radius 1 is 0.946 bits per heavy atom. The minimum absolute atomic E-state index is 0.166. The summed E-state index contributed by atoms with van der Waals surface area (Å²) >= 11 is 0. The van der Waals surface area contributed by atoms with Gasteiger partial charge in [0.1, 0.15) is 0 Å². The third-order valence-corrected chi connectivity index (χ3v) is 7.26. The van der Waals surface area contributed by atoms with E-state index in [-0.39, 0.29) is 12.5 Å². The minimum atomic E-state index is -3.47. The van der Waals surface area contributed by atoms with Crippen LogP contribution in [-0.2, 0) is 16.6 Å². The molecule has 1 heterocycles. The van der Waals surface area contributed by atoms with E-state index in [1.165, 1.54) is 16.1 Å². The molecule has 0 bridgehead atoms. The number of hydrogen-bond acceptors (Lipinski definition) is 4. The molecule has 0 aliphatic carbocycles. The van der Waals surface area contributed by atoms with Gasteiger partial charge in [0.15, 0.2) is 0 Å². The number of hydrogen-bond donors (Lipinski definition) is 1. The van der Waals surface area contributed by atoms with Crippen LogP contribution in [0.4, 0.5) is 5.69 Å². The molecule has 3 aromatic carbocycles. The second kappa shape index (κ2) is 10.8. The first kappa shape index (κ1) is 25.9. The minimum Gasteiger partial charge on any atom is -0.318 e. The lowest BCUT2D eigenvalue weighted by atomic mass is 10.1. The summed E-state index contributed by atoms with van der Waals surface area (Å²) in [5, 5.41) is 4.16. The van der Waals surface area contributed by atoms with Crippen LogP contribution in [0.15, 0.2) is 90.0 Å². The molecule has 0 radical (unpaired) electrons. The van der Waals surface area contributed by atoms with Gasteiger partial charge in [-0.3, -0.25) is 9.10 Å². The van der Waals surface area contributed by atoms with Gasteiger partial charge in [0.05, 0.1) is 24.7 Å². The van der Waals surface area contributed by atoms with E-state index in [4.69, 9.17) is 0 Å². The van der Waals surface area contributed by atoms with Crippen molar-refractivity contribution in [1.82, 2.24) is 9.99 Å². The standard InChI is InChI=1S/C29H30N4O3S/c1-21-10-16-28(17-11-21)33-22(2)18-26(23(33)3)19-30-31-29(34)25-14-12-24(13-15-25)20-32(37(4,35)36)27-8-6-5-7-9-27/h5-19H,20H2,1-4H3,(H,31,34)/b30-19-. The average molecular weight is 515 g/mol. The number of aromatic nitrogens is 1. The number of para-hydroxylation sites is 1. The van der Waals surface area contributed by atoms with Gasteiger partial charge in [0, 0.05) is 28.2 Å². The number of anilines is 1. The fraction of sp³-hybridized carbons (Fsp3) is 0.172. The molecule has 1 aromatic heterocycles. The van der Waals surface area contributed by atoms with E-state index in [2.05, 4.69) is 46.3 Å². The summed E-state index contributed by atoms with van der Waals surface area (Å²) in [4.78, 5) is 12.6. The molecular formula is C29H30N4O3S. The van der Waals surface area contributed by atoms with Gasteiger partial charge in [-0.05, 0) is 68.8 Å². The lowest BCUT2D eigenvalue weighted by Crippen LogP contribution is -2.29. The lowest BCUT2D eigenvalue weighted by molar-refractivity contribution is 0.0955. The predicted octanol–water partition coefficient (Wildman–Crippen LogP) is 5.13. The zero-order valence-corrected chi connectivity index (χ0v) is 22.2. The Labute approximate surface area is 218 Å². The van der Waals surface area contributed by atoms with Gasteiger partial charge in [-0.2, -0.15) is 5.10 Å². The largest absolute Gasteiger partial charge is 0.318 e. The Balaban J connectivity index is 1.43. The van der Waals surface area contributed by atoms with Crippen LogP contribution in [0.5, 0.6) is 0 Å². The summed E-state index contributed by atoms with van der Waals surface area (Å²) in [5.74, 6) is -0.349. The molecular weight excluding hydrogens is 484 g/mol. The SMILES string of the molecule is Cc1ccc(-n2c(C)cc(/C=N\NC(=O)c3ccc(CN(c4ccccc4)S(C)(=O)=O)cc3)c2C)cc1. The van der Waals surface area contributed by atoms with Gasteiger partial charge in [-0.15, -0.1) is 0 Å². The number of benzene rings is 3. The molecule has 0 spiro atoms. The number of rotatable bonds is 8. The van der Waals surface area contributed by atoms with E-state index in [9.17, 15) is 13.2 Å². The zero-order valence-electron chi connectivity index (χ0n) is 21.3. The van der Waals surface area contributed by atoms with Crippen LogP contribution in [-0.4, -0.2) is 31.4 Å². The van der Waals surface area contributed by atoms with Crippen molar-refractivity contribution in [2.24, 2.45) is 5.10 Å². The van der Waals surface area contributed by atoms with Crippen LogP contribution >= 0.6 is 0 Å². The highest BCUT2D eigenvalue weighted by Crippen LogP contribution is 2.21. The highest BCUT2D eigenvalue weighted by molar-refractivity contribution is 7.92. The third-order valence-electron chi connectivity index (χ3n) is 6.12. The quantitative estimate of drug-likeness (QED) is 0.261. The second-order valence-electron chi connectivity index (χ2n) is 9.00. The Hall–Kier alpha value is -4.17. The van der Waals surface area contributed by atoms with Crippen LogP contribution in [0.3, 0.4) is 0 Å². The number of nitrogens with zero attached hydrogens (tertiary/aromatic N) is 3. The number of carbonyl (C=O) groups is 1. The van der Waals surface area contributed by atoms with E-state index >= 15 is 0 Å². The maximum absolute atomic E-state index is 12.6. The van der Waals surface area contributed by atoms with E-state index in [1.807, 2.05) is 26.0 Å². The third kappa shape index (κ3) is 6.16. The molecule has 37 heavy (non-hydrogen) atoms. The van der Waals surface area contributed by atoms with Crippen molar-refractivity contribution in [3.63, 3.8) is 0 Å². The summed E-state index contributed by atoms with van der Waals surface area (Å²) in [6, 6.07) is 26.1. The molecule has 190 valence electrons. The van der Waals surface area contributed by atoms with E-state index in [0.717, 1.165) is 28.2 Å². The Kier molecular flexibility index (Phi) is 7.59. The number of hydrazone groups is 1. The van der Waals surface area contributed by atoms with E-state index < -0.39 is 10.0 Å². The van der Waals surface area contributed by atoms with Gasteiger partial charge < -0.3 is 4.57 Å². The maximum Gasteiger partial charge on any atom is 0.271 e. The van der Waals surface area contributed by atoms with Crippen molar-refractivity contribution in [3.8, 4) is 5.69 Å². The first-order valence-corrected chi connectivity index (χ1v) is 13.7. The van der Waals surface area contributed by atoms with Crippen LogP contribution in [0.1, 0.15) is 38.4 Å². The summed E-state index contributed by atoms with van der Waals surface area (Å²) in [5.41, 5.74) is 9.64. The number of carbonyl (C=O) groups excluding carboxylic acids is 1. The molecule has 0 aliphatic heterocycles. The Morgan fingerprint density at radius 3 is 2.22 bits per heavy atom. The monoisotopic (exact) mass is 514 g/mol. The fourth-order valence-electron chi connectivity index (χ4n) is 4.16. The second-order valence-corrected chi connectivity index (χ2v) is 10.9. The molecule has 7 nitrogen and oxygen atoms in total. The topological polar surface area (TPSA) is 83.8 Å². The molecule has 0 aliphatic rings. The summed E-state index contributed by atoms with van der Waals surface area (Å²) in [7, 11) is -3.47. The van der Waals surface area contributed by atoms with Gasteiger partial charge in [0.25, 0.3) is 5.91 Å². The summed E-state index contributed by atoms with van der Waals surface area (Å²) in [6.45, 7) is 6.28. The van der Waals surface area contributed by atoms with E-state index in [0.29, 0.717) is 11.3 Å². The molecule has 0 saturated heterocycles. The normalized spacial score (nSPS) is 11.6.